The van der Waals surface area contributed by atoms with Crippen LogP contribution in [0.1, 0.15) is 99.3 Å². The fraction of sp³-hybridized carbons (Fsp3) is 0.862. The minimum absolute atomic E-state index is 0.00546. The lowest BCUT2D eigenvalue weighted by molar-refractivity contribution is -0.148. The van der Waals surface area contributed by atoms with E-state index in [9.17, 15) is 14.7 Å². The monoisotopic (exact) mass is 458 g/mol. The smallest absolute Gasteiger partial charge is 0.302 e. The van der Waals surface area contributed by atoms with Crippen molar-refractivity contribution in [2.75, 3.05) is 0 Å². The Morgan fingerprint density at radius 1 is 1.09 bits per heavy atom. The van der Waals surface area contributed by atoms with Crippen LogP contribution in [0.25, 0.3) is 0 Å². The number of hydrogen-bond acceptors (Lipinski definition) is 4. The van der Waals surface area contributed by atoms with Gasteiger partial charge in [0.2, 0.25) is 0 Å². The SMILES string of the molecule is CC(=O)O[C@H]1CC[C@@]2(C)C(=CC[C@H]3[C@@H]4CC[C@H]([C@@H](C)[C@H](O)CC(=O)C(C)C)[C@@]4(C)CC[C@@H]32)C1. The second-order valence-electron chi connectivity index (χ2n) is 12.7. The van der Waals surface area contributed by atoms with Gasteiger partial charge in [-0.25, -0.2) is 0 Å². The Balaban J connectivity index is 1.49. The van der Waals surface area contributed by atoms with Crippen LogP contribution in [-0.2, 0) is 14.3 Å². The van der Waals surface area contributed by atoms with Crippen LogP contribution in [0.15, 0.2) is 11.6 Å². The molecule has 4 aliphatic rings. The number of hydrogen-bond donors (Lipinski definition) is 1. The molecule has 4 aliphatic carbocycles. The Hall–Kier alpha value is -1.16. The van der Waals surface area contributed by atoms with Crippen molar-refractivity contribution in [3.8, 4) is 0 Å². The van der Waals surface area contributed by atoms with Crippen LogP contribution in [0.4, 0.5) is 0 Å². The number of allylic oxidation sites excluding steroid dienone is 1. The first-order valence-electron chi connectivity index (χ1n) is 13.5. The molecule has 4 heteroatoms. The summed E-state index contributed by atoms with van der Waals surface area (Å²) >= 11 is 0. The molecule has 0 heterocycles. The third-order valence-electron chi connectivity index (χ3n) is 10.8. The molecule has 0 spiro atoms. The van der Waals surface area contributed by atoms with E-state index in [1.54, 1.807) is 0 Å². The van der Waals surface area contributed by atoms with E-state index in [1.165, 1.54) is 38.2 Å². The fourth-order valence-electron chi connectivity index (χ4n) is 8.76. The standard InChI is InChI=1S/C29H46O4/c1-17(2)26(31)16-27(32)18(3)23-9-10-24-22-8-7-20-15-21(33-19(4)30)11-13-28(20,5)25(22)12-14-29(23,24)6/h7,17-18,21-25,27,32H,8-16H2,1-6H3/t18-,21+,22+,23-,24+,25+,27-,28+,29-/m1/s1. The summed E-state index contributed by atoms with van der Waals surface area (Å²) in [5, 5.41) is 11.0. The first kappa shape index (κ1) is 24.9. The predicted molar refractivity (Wildman–Crippen MR) is 130 cm³/mol. The van der Waals surface area contributed by atoms with E-state index in [4.69, 9.17) is 4.74 Å². The lowest BCUT2D eigenvalue weighted by atomic mass is 9.47. The van der Waals surface area contributed by atoms with Crippen molar-refractivity contribution in [3.05, 3.63) is 11.6 Å². The van der Waals surface area contributed by atoms with Gasteiger partial charge in [0.25, 0.3) is 0 Å². The number of ketones is 1. The Morgan fingerprint density at radius 3 is 2.48 bits per heavy atom. The fourth-order valence-corrected chi connectivity index (χ4v) is 8.76. The number of aliphatic hydroxyl groups excluding tert-OH is 1. The van der Waals surface area contributed by atoms with Gasteiger partial charge in [-0.05, 0) is 85.4 Å². The molecule has 0 unspecified atom stereocenters. The number of aliphatic hydroxyl groups is 1. The maximum absolute atomic E-state index is 12.3. The van der Waals surface area contributed by atoms with Crippen molar-refractivity contribution in [2.24, 2.45) is 46.3 Å². The Kier molecular flexibility index (Phi) is 6.90. The zero-order chi connectivity index (χ0) is 24.1. The highest BCUT2D eigenvalue weighted by molar-refractivity contribution is 5.80. The van der Waals surface area contributed by atoms with Gasteiger partial charge in [0.15, 0.2) is 0 Å². The summed E-state index contributed by atoms with van der Waals surface area (Å²) in [7, 11) is 0. The van der Waals surface area contributed by atoms with E-state index in [0.717, 1.165) is 37.5 Å². The Labute approximate surface area is 200 Å². The summed E-state index contributed by atoms with van der Waals surface area (Å²) in [4.78, 5) is 23.8. The first-order valence-corrected chi connectivity index (χ1v) is 13.5. The molecule has 1 N–H and O–H groups in total. The third kappa shape index (κ3) is 4.34. The summed E-state index contributed by atoms with van der Waals surface area (Å²) < 4.78 is 5.58. The maximum atomic E-state index is 12.3. The Morgan fingerprint density at radius 2 is 1.82 bits per heavy atom. The zero-order valence-corrected chi connectivity index (χ0v) is 21.7. The van der Waals surface area contributed by atoms with Gasteiger partial charge in [-0.15, -0.1) is 0 Å². The first-order chi connectivity index (χ1) is 15.5. The highest BCUT2D eigenvalue weighted by Crippen LogP contribution is 2.67. The van der Waals surface area contributed by atoms with Gasteiger partial charge < -0.3 is 9.84 Å². The number of Topliss-reactive ketones (excluding diaryl/α,β-unsaturated/α-hetero) is 1. The zero-order valence-electron chi connectivity index (χ0n) is 21.7. The molecule has 186 valence electrons. The van der Waals surface area contributed by atoms with Crippen molar-refractivity contribution in [1.29, 1.82) is 0 Å². The third-order valence-corrected chi connectivity index (χ3v) is 10.8. The van der Waals surface area contributed by atoms with Crippen LogP contribution >= 0.6 is 0 Å². The number of ether oxygens (including phenoxy) is 1. The quantitative estimate of drug-likeness (QED) is 0.385. The van der Waals surface area contributed by atoms with E-state index < -0.39 is 6.10 Å². The molecule has 0 aliphatic heterocycles. The minimum atomic E-state index is -0.523. The molecule has 3 saturated carbocycles. The average molecular weight is 459 g/mol. The molecule has 0 saturated heterocycles. The van der Waals surface area contributed by atoms with E-state index in [-0.39, 0.29) is 40.5 Å². The minimum Gasteiger partial charge on any atom is -0.462 e. The molecule has 33 heavy (non-hydrogen) atoms. The van der Waals surface area contributed by atoms with Crippen LogP contribution in [-0.4, -0.2) is 29.1 Å². The maximum Gasteiger partial charge on any atom is 0.302 e. The number of rotatable bonds is 6. The molecule has 0 aromatic rings. The van der Waals surface area contributed by atoms with E-state index in [2.05, 4.69) is 26.8 Å². The van der Waals surface area contributed by atoms with Crippen LogP contribution in [0.3, 0.4) is 0 Å². The van der Waals surface area contributed by atoms with Crippen LogP contribution < -0.4 is 0 Å². The molecule has 0 amide bonds. The molecule has 4 nitrogen and oxygen atoms in total. The van der Waals surface area contributed by atoms with E-state index >= 15 is 0 Å². The largest absolute Gasteiger partial charge is 0.462 e. The second kappa shape index (κ2) is 9.13. The van der Waals surface area contributed by atoms with Crippen molar-refractivity contribution >= 4 is 11.8 Å². The number of carbonyl (C=O) groups excluding carboxylic acids is 2. The van der Waals surface area contributed by atoms with Gasteiger partial charge in [-0.1, -0.05) is 46.3 Å². The summed E-state index contributed by atoms with van der Waals surface area (Å²) in [6, 6.07) is 0. The van der Waals surface area contributed by atoms with Crippen molar-refractivity contribution < 1.29 is 19.4 Å². The number of carbonyl (C=O) groups is 2. The van der Waals surface area contributed by atoms with Crippen LogP contribution in [0.2, 0.25) is 0 Å². The number of esters is 1. The summed E-state index contributed by atoms with van der Waals surface area (Å²) in [5.74, 6) is 2.83. The summed E-state index contributed by atoms with van der Waals surface area (Å²) in [5.41, 5.74) is 2.04. The normalized spacial score (nSPS) is 41.9. The molecular formula is C29H46O4. The highest BCUT2D eigenvalue weighted by Gasteiger charge is 2.59. The van der Waals surface area contributed by atoms with Gasteiger partial charge in [-0.3, -0.25) is 9.59 Å². The van der Waals surface area contributed by atoms with Gasteiger partial charge in [-0.2, -0.15) is 0 Å². The van der Waals surface area contributed by atoms with Crippen molar-refractivity contribution in [3.63, 3.8) is 0 Å². The van der Waals surface area contributed by atoms with Gasteiger partial charge in [0.05, 0.1) is 6.10 Å². The van der Waals surface area contributed by atoms with Crippen molar-refractivity contribution in [1.82, 2.24) is 0 Å². The van der Waals surface area contributed by atoms with E-state index in [1.807, 2.05) is 13.8 Å². The van der Waals surface area contributed by atoms with Crippen LogP contribution in [0.5, 0.6) is 0 Å². The van der Waals surface area contributed by atoms with Gasteiger partial charge in [0, 0.05) is 25.7 Å². The summed E-state index contributed by atoms with van der Waals surface area (Å²) in [6.45, 7) is 12.6. The molecule has 0 aromatic heterocycles. The average Bonchev–Trinajstić information content (AvgIpc) is 3.10. The lowest BCUT2D eigenvalue weighted by Gasteiger charge is -2.58. The molecule has 0 aromatic carbocycles. The molecule has 3 fully saturated rings. The summed E-state index contributed by atoms with van der Waals surface area (Å²) in [6.07, 6.45) is 11.4. The lowest BCUT2D eigenvalue weighted by Crippen LogP contribution is -2.51. The molecule has 0 radical (unpaired) electrons. The van der Waals surface area contributed by atoms with Gasteiger partial charge in [0.1, 0.15) is 11.9 Å². The van der Waals surface area contributed by atoms with Crippen LogP contribution in [0, 0.1) is 46.3 Å². The van der Waals surface area contributed by atoms with E-state index in [0.29, 0.717) is 18.3 Å². The molecular weight excluding hydrogens is 412 g/mol. The Bertz CT molecular complexity index is 799. The topological polar surface area (TPSA) is 63.6 Å². The molecule has 0 bridgehead atoms. The highest BCUT2D eigenvalue weighted by atomic mass is 16.5. The number of fused-ring (bicyclic) bond motifs is 5. The van der Waals surface area contributed by atoms with Crippen molar-refractivity contribution in [2.45, 2.75) is 112 Å². The van der Waals surface area contributed by atoms with Gasteiger partial charge >= 0.3 is 5.97 Å². The second-order valence-corrected chi connectivity index (χ2v) is 12.7. The molecule has 9 atom stereocenters. The molecule has 4 rings (SSSR count). The predicted octanol–water partition coefficient (Wildman–Crippen LogP) is 6.11.